The first-order valence-corrected chi connectivity index (χ1v) is 43.7. The number of quaternary nitrogens is 6. The van der Waals surface area contributed by atoms with E-state index in [1.165, 1.54) is 45.2 Å². The molecule has 718 valence electrons. The smallest absolute Gasteiger partial charge is 0.338 e. The number of unbranched alkanes of at least 4 members (excludes halogenated alkanes) is 1. The summed E-state index contributed by atoms with van der Waals surface area (Å²) in [7, 11) is 18.0. The number of nitro groups is 4. The van der Waals surface area contributed by atoms with Gasteiger partial charge in [-0.3, -0.25) is 40.5 Å². The molecule has 32 heteroatoms. The summed E-state index contributed by atoms with van der Waals surface area (Å²) in [5.74, 6) is -1.37. The zero-order valence-corrected chi connectivity index (χ0v) is 81.4. The van der Waals surface area contributed by atoms with E-state index < -0.39 is 19.7 Å². The van der Waals surface area contributed by atoms with Gasteiger partial charge in [0.1, 0.15) is 78.9 Å². The fourth-order valence-corrected chi connectivity index (χ4v) is 11.9. The normalized spacial score (nSPS) is 10.8. The van der Waals surface area contributed by atoms with E-state index in [0.717, 1.165) is 174 Å². The highest BCUT2D eigenvalue weighted by Crippen LogP contribution is 2.15. The van der Waals surface area contributed by atoms with Crippen LogP contribution in [0.3, 0.4) is 0 Å². The van der Waals surface area contributed by atoms with E-state index in [-0.39, 0.29) is 35.8 Å². The third-order valence-electron chi connectivity index (χ3n) is 19.7. The van der Waals surface area contributed by atoms with Gasteiger partial charge in [-0.05, 0) is 154 Å². The number of carbonyl (C=O) groups excluding carboxylic acids is 6. The van der Waals surface area contributed by atoms with Crippen LogP contribution in [0.15, 0.2) is 182 Å². The van der Waals surface area contributed by atoms with Gasteiger partial charge in [0, 0.05) is 33.9 Å². The second-order valence-electron chi connectivity index (χ2n) is 30.8. The molecule has 32 nitrogen and oxygen atoms in total. The molecule has 0 radical (unpaired) electrons. The van der Waals surface area contributed by atoms with Crippen LogP contribution in [0.25, 0.3) is 0 Å². The molecule has 0 amide bonds. The van der Waals surface area contributed by atoms with Crippen LogP contribution in [0.5, 0.6) is 0 Å². The molecule has 6 aromatic carbocycles. The van der Waals surface area contributed by atoms with Crippen LogP contribution in [0.2, 0.25) is 0 Å². The number of esters is 6. The monoisotopic (exact) mass is 1800 g/mol. The summed E-state index contributed by atoms with van der Waals surface area (Å²) < 4.78 is 37.6. The molecular weight excluding hydrogens is 1630 g/mol. The van der Waals surface area contributed by atoms with Crippen molar-refractivity contribution in [2.75, 3.05) is 242 Å². The van der Waals surface area contributed by atoms with Crippen molar-refractivity contribution >= 4 is 35.8 Å². The fourth-order valence-electron chi connectivity index (χ4n) is 11.9. The number of rotatable bonds is 41. The van der Waals surface area contributed by atoms with Crippen molar-refractivity contribution in [3.63, 3.8) is 0 Å². The number of likely N-dealkylation sites (N-methyl/N-ethyl adjacent to an activating group) is 6. The molecule has 6 rings (SSSR count). The molecular formula is C95H162N10O22+6. The molecule has 0 saturated carbocycles. The first-order chi connectivity index (χ1) is 60.1. The van der Waals surface area contributed by atoms with Crippen molar-refractivity contribution in [2.45, 2.75) is 115 Å². The average Bonchev–Trinajstić information content (AvgIpc) is 0.875. The van der Waals surface area contributed by atoms with E-state index in [9.17, 15) is 28.8 Å². The van der Waals surface area contributed by atoms with Crippen molar-refractivity contribution < 1.29 is 114 Å². The standard InChI is InChI=1S/C18H30NO2.C17H28NO2.2C15H24NO2.2C12H18NO2.4CH3NO2.2CH4O/c1-4-7-14-19(6-3,13-5-2)15-16-21-18(20)17-11-9-8-10-12-17;1-4-12-18(6-3,13-5-2)14-15-20-17(19)16-10-8-7-9-11-16;2*1-4-16(5-2,6-3)12-13-18-15(17)14-10-8-7-9-11-14;2*1-13(2,3)9-10-15-12(14)11-7-5-4-6-8-11;4*1-2(3)4;2*1-2/h8-12H,4-7,13-16H2,1-3H3;7-11H,4-6,12-15H2,1-3H3;2*7-11H,4-6,12-13H2,1-3H3;2*4-8H,9-10H2,1-3H3;4*1H3;2*2H,1H3/q6*+1;;;;;;. The molecule has 0 aliphatic heterocycles. The molecule has 0 spiro atoms. The number of ether oxygens (including phenoxy) is 6. The molecule has 0 saturated heterocycles. The number of hydrogen-bond acceptors (Lipinski definition) is 22. The lowest BCUT2D eigenvalue weighted by molar-refractivity contribution is -0.926. The Morgan fingerprint density at radius 3 is 0.520 bits per heavy atom. The number of hydrogen-bond donors (Lipinski definition) is 2. The van der Waals surface area contributed by atoms with E-state index in [1.54, 1.807) is 72.8 Å². The molecule has 127 heavy (non-hydrogen) atoms. The van der Waals surface area contributed by atoms with E-state index in [2.05, 4.69) is 125 Å². The molecule has 1 unspecified atom stereocenters. The van der Waals surface area contributed by atoms with E-state index in [0.29, 0.717) is 73.0 Å². The van der Waals surface area contributed by atoms with Crippen LogP contribution in [0, 0.1) is 40.5 Å². The molecule has 0 aliphatic rings. The van der Waals surface area contributed by atoms with Gasteiger partial charge in [-0.1, -0.05) is 143 Å². The topological polar surface area (TPSA) is 371 Å². The van der Waals surface area contributed by atoms with Crippen LogP contribution in [-0.2, 0) is 28.4 Å². The number of aliphatic hydroxyl groups excluding tert-OH is 2. The second-order valence-corrected chi connectivity index (χ2v) is 30.8. The van der Waals surface area contributed by atoms with Gasteiger partial charge in [0.05, 0.1) is 154 Å². The maximum absolute atomic E-state index is 12.0. The molecule has 1 atom stereocenters. The van der Waals surface area contributed by atoms with E-state index >= 15 is 0 Å². The molecule has 0 bridgehead atoms. The minimum atomic E-state index is -0.500. The van der Waals surface area contributed by atoms with Crippen molar-refractivity contribution in [3.8, 4) is 0 Å². The summed E-state index contributed by atoms with van der Waals surface area (Å²) in [4.78, 5) is 104. The van der Waals surface area contributed by atoms with Gasteiger partial charge < -0.3 is 65.5 Å². The van der Waals surface area contributed by atoms with Crippen LogP contribution < -0.4 is 0 Å². The van der Waals surface area contributed by atoms with Gasteiger partial charge in [-0.25, -0.2) is 28.8 Å². The molecule has 0 fully saturated rings. The Kier molecular flexibility index (Phi) is 79.0. The number of aliphatic hydroxyl groups is 2. The molecule has 0 heterocycles. The quantitative estimate of drug-likeness (QED) is 0.0118. The van der Waals surface area contributed by atoms with Crippen molar-refractivity contribution in [1.29, 1.82) is 0 Å². The number of nitrogens with zero attached hydrogens (tertiary/aromatic N) is 10. The maximum atomic E-state index is 12.0. The first-order valence-electron chi connectivity index (χ1n) is 43.7. The van der Waals surface area contributed by atoms with Crippen LogP contribution in [0.1, 0.15) is 177 Å². The Hall–Kier alpha value is -10.6. The zero-order valence-electron chi connectivity index (χ0n) is 81.4. The van der Waals surface area contributed by atoms with Crippen LogP contribution in [-0.4, -0.2) is 335 Å². The third kappa shape index (κ3) is 71.2. The number of benzene rings is 6. The second kappa shape index (κ2) is 78.9. The van der Waals surface area contributed by atoms with Gasteiger partial charge in [-0.2, -0.15) is 0 Å². The van der Waals surface area contributed by atoms with Crippen molar-refractivity contribution in [3.05, 3.63) is 256 Å². The Morgan fingerprint density at radius 2 is 0.386 bits per heavy atom. The minimum absolute atomic E-state index is 0.211. The third-order valence-corrected chi connectivity index (χ3v) is 19.7. The van der Waals surface area contributed by atoms with Crippen LogP contribution >= 0.6 is 0 Å². The van der Waals surface area contributed by atoms with Gasteiger partial charge in [0.25, 0.3) is 0 Å². The summed E-state index contributed by atoms with van der Waals surface area (Å²) in [6.07, 6.45) is 5.96. The van der Waals surface area contributed by atoms with Crippen molar-refractivity contribution in [2.24, 2.45) is 0 Å². The number of carbonyl (C=O) groups is 6. The molecule has 2 N–H and O–H groups in total. The lowest BCUT2D eigenvalue weighted by Crippen LogP contribution is -2.51. The zero-order chi connectivity index (χ0) is 98.2. The highest BCUT2D eigenvalue weighted by molar-refractivity contribution is 5.91. The fraction of sp³-hybridized carbons (Fsp3) is 0.558. The van der Waals surface area contributed by atoms with E-state index in [4.69, 9.17) is 79.1 Å². The Bertz CT molecular complexity index is 3520. The summed E-state index contributed by atoms with van der Waals surface area (Å²) in [6, 6.07) is 54.8. The predicted molar refractivity (Wildman–Crippen MR) is 504 cm³/mol. The van der Waals surface area contributed by atoms with Crippen molar-refractivity contribution in [1.82, 2.24) is 0 Å². The lowest BCUT2D eigenvalue weighted by Gasteiger charge is -2.37. The van der Waals surface area contributed by atoms with Gasteiger partial charge in [0.2, 0.25) is 0 Å². The van der Waals surface area contributed by atoms with E-state index in [1.807, 2.05) is 109 Å². The van der Waals surface area contributed by atoms with Crippen LogP contribution in [0.4, 0.5) is 0 Å². The maximum Gasteiger partial charge on any atom is 0.338 e. The Labute approximate surface area is 759 Å². The lowest BCUT2D eigenvalue weighted by atomic mass is 10.2. The highest BCUT2D eigenvalue weighted by Gasteiger charge is 2.27. The summed E-state index contributed by atoms with van der Waals surface area (Å²) in [6.45, 7) is 48.0. The average molecular weight is 1800 g/mol. The predicted octanol–water partition coefficient (Wildman–Crippen LogP) is 14.7. The Balaban J connectivity index is -0.000000332. The molecule has 6 aromatic rings. The molecule has 0 aliphatic carbocycles. The molecule has 0 aromatic heterocycles. The Morgan fingerprint density at radius 1 is 0.244 bits per heavy atom. The minimum Gasteiger partial charge on any atom is -0.456 e. The summed E-state index contributed by atoms with van der Waals surface area (Å²) in [5.41, 5.74) is 3.74. The summed E-state index contributed by atoms with van der Waals surface area (Å²) in [5, 5.41) is 49.2. The van der Waals surface area contributed by atoms with Gasteiger partial charge in [-0.15, -0.1) is 0 Å². The van der Waals surface area contributed by atoms with Gasteiger partial charge in [0.15, 0.2) is 28.2 Å². The SMILES string of the molecule is CCCC[N+](CC)(CCC)CCOC(=O)c1ccccc1.CCC[N+](CC)(CCC)CCOC(=O)c1ccccc1.CC[N+](CC)(CC)CCOC(=O)c1ccccc1.CC[N+](CC)(CC)CCOC(=O)c1ccccc1.CO.CO.C[N+](=O)[O-].C[N+](=O)[O-].C[N+](=O)[O-].C[N+](=O)[O-].C[N+](C)(C)CCOC(=O)c1ccccc1.C[N+](C)(C)CCOC(=O)c1ccccc1. The first kappa shape index (κ1) is 127. The highest BCUT2D eigenvalue weighted by atomic mass is 16.6. The van der Waals surface area contributed by atoms with Gasteiger partial charge >= 0.3 is 35.8 Å². The summed E-state index contributed by atoms with van der Waals surface area (Å²) >= 11 is 0. The largest absolute Gasteiger partial charge is 0.456 e.